The first-order chi connectivity index (χ1) is 20.7. The number of aryl methyl sites for hydroxylation is 5. The Morgan fingerprint density at radius 1 is 0.953 bits per heavy atom. The molecule has 4 aromatic rings. The second kappa shape index (κ2) is 22.5. The first-order valence-electron chi connectivity index (χ1n) is 13.5. The Hall–Kier alpha value is -5.21. The lowest BCUT2D eigenvalue weighted by Crippen LogP contribution is -1.83. The number of aromatic nitrogens is 9. The van der Waals surface area contributed by atoms with Crippen molar-refractivity contribution in [3.05, 3.63) is 78.6 Å². The quantitative estimate of drug-likeness (QED) is 0.292. The highest BCUT2D eigenvalue weighted by molar-refractivity contribution is 5.96. The van der Waals surface area contributed by atoms with E-state index < -0.39 is 0 Å². The Kier molecular flexibility index (Phi) is 18.7. The molecule has 0 saturated carbocycles. The lowest BCUT2D eigenvalue weighted by atomic mass is 10.3. The number of rotatable bonds is 0. The van der Waals surface area contributed by atoms with Crippen LogP contribution in [0.2, 0.25) is 0 Å². The molecule has 7 rings (SSSR count). The van der Waals surface area contributed by atoms with E-state index in [1.165, 1.54) is 5.56 Å². The number of H-pyrrole nitrogens is 2. The van der Waals surface area contributed by atoms with Gasteiger partial charge in [-0.15, -0.1) is 15.3 Å². The molecule has 0 fully saturated rings. The maximum absolute atomic E-state index is 3.97. The van der Waals surface area contributed by atoms with Crippen LogP contribution < -0.4 is 0 Å². The van der Waals surface area contributed by atoms with Gasteiger partial charge in [0.05, 0.1) is 0 Å². The molecule has 3 aliphatic rings. The third-order valence-electron chi connectivity index (χ3n) is 4.72. The number of nitrogens with one attached hydrogen (secondary N) is 2. The standard InChI is InChI=1S/2C5H7N.C4H7N3.2C4H6N2.2C3H5N3/c1-5-2-3-6-4-5;1-5-3-2-4-6-5;1-3-5-4(2)7-6-3;1-6-4-2-3-5-6;1-4-2-3-5-6-4;1-6-2-4-5-3-6;1-3-4-2-5-6-3/h2-4,6H,1H3;3-4H,2H2,1H3;1-2H3,(H,5,6,7);2-4H,1H3;3H,2H2,1H3;2-3H,1H3;2H2,1H3. The van der Waals surface area contributed by atoms with E-state index in [0.29, 0.717) is 6.67 Å². The van der Waals surface area contributed by atoms with Gasteiger partial charge in [0.15, 0.2) is 6.67 Å². The average Bonchev–Trinajstić information content (AvgIpc) is 3.79. The number of azo groups is 1. The van der Waals surface area contributed by atoms with Gasteiger partial charge < -0.3 is 9.55 Å². The van der Waals surface area contributed by atoms with Gasteiger partial charge in [-0.05, 0) is 59.2 Å². The minimum atomic E-state index is 0.534. The van der Waals surface area contributed by atoms with E-state index in [-0.39, 0.29) is 0 Å². The molecule has 0 unspecified atom stereocenters. The van der Waals surface area contributed by atoms with Crippen LogP contribution in [0, 0.1) is 20.8 Å². The van der Waals surface area contributed by atoms with Gasteiger partial charge in [0, 0.05) is 75.6 Å². The fourth-order valence-electron chi connectivity index (χ4n) is 2.58. The van der Waals surface area contributed by atoms with E-state index in [1.807, 2.05) is 85.7 Å². The van der Waals surface area contributed by atoms with Gasteiger partial charge in [0.1, 0.15) is 30.1 Å². The van der Waals surface area contributed by atoms with Crippen LogP contribution in [0.1, 0.15) is 50.8 Å². The number of amidine groups is 1. The number of aliphatic imine (C=N–C) groups is 2. The fourth-order valence-corrected chi connectivity index (χ4v) is 2.58. The zero-order valence-corrected chi connectivity index (χ0v) is 26.3. The summed E-state index contributed by atoms with van der Waals surface area (Å²) < 4.78 is 3.53. The largest absolute Gasteiger partial charge is 0.367 e. The van der Waals surface area contributed by atoms with Crippen LogP contribution in [0.5, 0.6) is 0 Å². The summed E-state index contributed by atoms with van der Waals surface area (Å²) in [5.74, 6) is 2.46. The number of allylic oxidation sites excluding steroid dienone is 2. The van der Waals surface area contributed by atoms with E-state index in [1.54, 1.807) is 34.3 Å². The molecule has 0 atom stereocenters. The van der Waals surface area contributed by atoms with Crippen molar-refractivity contribution in [1.29, 1.82) is 0 Å². The Balaban J connectivity index is 0.000000251. The fraction of sp³-hybridized carbons (Fsp3) is 0.393. The molecule has 230 valence electrons. The molecular weight excluding hydrogens is 546 g/mol. The molecule has 0 amide bonds. The molecule has 0 bridgehead atoms. The third kappa shape index (κ3) is 21.2. The number of nitrogens with zero attached hydrogens (tertiary/aromatic N) is 13. The predicted octanol–water partition coefficient (Wildman–Crippen LogP) is 5.01. The maximum Gasteiger partial charge on any atom is 0.152 e. The van der Waals surface area contributed by atoms with Crippen molar-refractivity contribution in [2.45, 2.75) is 54.4 Å². The summed E-state index contributed by atoms with van der Waals surface area (Å²) in [7, 11) is 3.76. The first kappa shape index (κ1) is 35.8. The zero-order chi connectivity index (χ0) is 31.7. The molecule has 0 aliphatic carbocycles. The molecule has 2 N–H and O–H groups in total. The van der Waals surface area contributed by atoms with Crippen LogP contribution in [-0.4, -0.2) is 75.4 Å². The van der Waals surface area contributed by atoms with E-state index in [2.05, 4.69) is 78.9 Å². The summed E-state index contributed by atoms with van der Waals surface area (Å²) in [5, 5.41) is 31.9. The van der Waals surface area contributed by atoms with Gasteiger partial charge >= 0.3 is 0 Å². The van der Waals surface area contributed by atoms with E-state index >= 15 is 0 Å². The number of hydrogen-bond donors (Lipinski definition) is 2. The summed E-state index contributed by atoms with van der Waals surface area (Å²) >= 11 is 0. The van der Waals surface area contributed by atoms with Crippen LogP contribution in [0.3, 0.4) is 0 Å². The van der Waals surface area contributed by atoms with Crippen molar-refractivity contribution >= 4 is 24.0 Å². The second-order valence-corrected chi connectivity index (χ2v) is 8.98. The molecule has 43 heavy (non-hydrogen) atoms. The predicted molar refractivity (Wildman–Crippen MR) is 172 cm³/mol. The smallest absolute Gasteiger partial charge is 0.152 e. The Bertz CT molecular complexity index is 1280. The molecule has 4 aromatic heterocycles. The SMILES string of the molecule is CC1=CCC=N1.CC1=NCN=N1.CC1=NN=CC1.Cc1cc[nH]c1.Cc1n[nH]c(C)n1.Cn1cccn1.Cn1cnnc1. The van der Waals surface area contributed by atoms with Crippen LogP contribution >= 0.6 is 0 Å². The van der Waals surface area contributed by atoms with E-state index in [9.17, 15) is 0 Å². The molecule has 15 heteroatoms. The lowest BCUT2D eigenvalue weighted by molar-refractivity contribution is 0.768. The molecule has 0 saturated heterocycles. The van der Waals surface area contributed by atoms with Gasteiger partial charge in [0.25, 0.3) is 0 Å². The monoisotopic (exact) mass is 589 g/mol. The highest BCUT2D eigenvalue weighted by Crippen LogP contribution is 2.00. The zero-order valence-electron chi connectivity index (χ0n) is 26.3. The molecule has 7 heterocycles. The summed E-state index contributed by atoms with van der Waals surface area (Å²) in [5.41, 5.74) is 3.54. The Morgan fingerprint density at radius 3 is 1.88 bits per heavy atom. The van der Waals surface area contributed by atoms with Crippen molar-refractivity contribution < 1.29 is 0 Å². The van der Waals surface area contributed by atoms with Crippen LogP contribution in [0.25, 0.3) is 0 Å². The number of hydrogen-bond acceptors (Lipinski definition) is 11. The molecular formula is C28H43N15. The Morgan fingerprint density at radius 2 is 1.72 bits per heavy atom. The first-order valence-corrected chi connectivity index (χ1v) is 13.5. The van der Waals surface area contributed by atoms with Crippen LogP contribution in [0.4, 0.5) is 0 Å². The van der Waals surface area contributed by atoms with E-state index in [0.717, 1.165) is 41.7 Å². The maximum atomic E-state index is 3.97. The minimum Gasteiger partial charge on any atom is -0.367 e. The van der Waals surface area contributed by atoms with E-state index in [4.69, 9.17) is 0 Å². The lowest BCUT2D eigenvalue weighted by Gasteiger charge is -1.77. The van der Waals surface area contributed by atoms with Gasteiger partial charge in [0.2, 0.25) is 0 Å². The van der Waals surface area contributed by atoms with Crippen molar-refractivity contribution in [3.8, 4) is 0 Å². The van der Waals surface area contributed by atoms with Gasteiger partial charge in [-0.25, -0.2) is 9.98 Å². The normalized spacial score (nSPS) is 13.0. The third-order valence-corrected chi connectivity index (χ3v) is 4.72. The summed E-state index contributed by atoms with van der Waals surface area (Å²) in [6.45, 7) is 12.1. The molecule has 0 spiro atoms. The highest BCUT2D eigenvalue weighted by Gasteiger charge is 1.90. The molecule has 0 radical (unpaired) electrons. The van der Waals surface area contributed by atoms with Gasteiger partial charge in [-0.2, -0.15) is 25.5 Å². The van der Waals surface area contributed by atoms with Crippen molar-refractivity contribution in [2.75, 3.05) is 6.67 Å². The number of aromatic amines is 2. The summed E-state index contributed by atoms with van der Waals surface area (Å²) in [4.78, 5) is 14.7. The van der Waals surface area contributed by atoms with Crippen LogP contribution in [-0.2, 0) is 14.1 Å². The Labute approximate surface area is 252 Å². The van der Waals surface area contributed by atoms with Crippen molar-refractivity contribution in [2.24, 2.45) is 44.5 Å². The van der Waals surface area contributed by atoms with Gasteiger partial charge in [-0.3, -0.25) is 14.8 Å². The van der Waals surface area contributed by atoms with Crippen LogP contribution in [0.15, 0.2) is 91.8 Å². The minimum absolute atomic E-state index is 0.534. The molecule has 15 nitrogen and oxygen atoms in total. The van der Waals surface area contributed by atoms with Crippen molar-refractivity contribution in [1.82, 2.24) is 44.7 Å². The highest BCUT2D eigenvalue weighted by atomic mass is 15.2. The second-order valence-electron chi connectivity index (χ2n) is 8.98. The van der Waals surface area contributed by atoms with Crippen molar-refractivity contribution in [3.63, 3.8) is 0 Å². The molecule has 0 aromatic carbocycles. The topological polar surface area (TPSA) is 180 Å². The molecule has 3 aliphatic heterocycles. The van der Waals surface area contributed by atoms with Gasteiger partial charge in [-0.1, -0.05) is 6.08 Å². The average molecular weight is 590 g/mol. The summed E-state index contributed by atoms with van der Waals surface area (Å²) in [6.07, 6.45) is 18.6. The summed E-state index contributed by atoms with van der Waals surface area (Å²) in [6, 6.07) is 3.92.